The van der Waals surface area contributed by atoms with Crippen LogP contribution in [0, 0.1) is 0 Å². The molecule has 76 valence electrons. The number of amides is 1. The molecule has 14 heavy (non-hydrogen) atoms. The highest BCUT2D eigenvalue weighted by atomic mass is 16.2. The SMILES string of the molecule is C\C=C/C=C\C(=C\C=O)C(=O)N(C)C. The molecule has 0 aromatic rings. The first kappa shape index (κ1) is 12.4. The summed E-state index contributed by atoms with van der Waals surface area (Å²) in [6.45, 7) is 1.88. The molecule has 0 aromatic carbocycles. The molecule has 0 aromatic heterocycles. The molecule has 0 unspecified atom stereocenters. The molecule has 1 amide bonds. The van der Waals surface area contributed by atoms with E-state index in [1.165, 1.54) is 11.0 Å². The lowest BCUT2D eigenvalue weighted by Crippen LogP contribution is -2.22. The first-order valence-corrected chi connectivity index (χ1v) is 4.30. The molecular weight excluding hydrogens is 178 g/mol. The van der Waals surface area contributed by atoms with Crippen molar-refractivity contribution in [3.8, 4) is 0 Å². The third-order valence-electron chi connectivity index (χ3n) is 1.48. The summed E-state index contributed by atoms with van der Waals surface area (Å²) in [4.78, 5) is 23.2. The summed E-state index contributed by atoms with van der Waals surface area (Å²) >= 11 is 0. The minimum Gasteiger partial charge on any atom is -0.345 e. The van der Waals surface area contributed by atoms with Crippen molar-refractivity contribution in [1.29, 1.82) is 0 Å². The summed E-state index contributed by atoms with van der Waals surface area (Å²) in [6, 6.07) is 0. The normalized spacial score (nSPS) is 12.4. The molecule has 0 atom stereocenters. The van der Waals surface area contributed by atoms with E-state index < -0.39 is 0 Å². The summed E-state index contributed by atoms with van der Waals surface area (Å²) < 4.78 is 0. The van der Waals surface area contributed by atoms with Gasteiger partial charge in [0, 0.05) is 19.7 Å². The fraction of sp³-hybridized carbons (Fsp3) is 0.273. The van der Waals surface area contributed by atoms with Crippen LogP contribution in [0.1, 0.15) is 6.92 Å². The van der Waals surface area contributed by atoms with E-state index in [-0.39, 0.29) is 5.91 Å². The Hall–Kier alpha value is -1.64. The van der Waals surface area contributed by atoms with Crippen molar-refractivity contribution >= 4 is 12.2 Å². The molecule has 0 fully saturated rings. The third-order valence-corrected chi connectivity index (χ3v) is 1.48. The maximum Gasteiger partial charge on any atom is 0.253 e. The number of aldehydes is 1. The Balaban J connectivity index is 4.70. The fourth-order valence-electron chi connectivity index (χ4n) is 0.800. The van der Waals surface area contributed by atoms with Crippen molar-refractivity contribution in [1.82, 2.24) is 4.90 Å². The number of nitrogens with zero attached hydrogens (tertiary/aromatic N) is 1. The van der Waals surface area contributed by atoms with Crippen molar-refractivity contribution in [2.24, 2.45) is 0 Å². The van der Waals surface area contributed by atoms with E-state index in [1.807, 2.05) is 13.0 Å². The van der Waals surface area contributed by atoms with Gasteiger partial charge in [0.05, 0.1) is 0 Å². The van der Waals surface area contributed by atoms with Gasteiger partial charge in [0.2, 0.25) is 0 Å². The number of carbonyl (C=O) groups excluding carboxylic acids is 2. The van der Waals surface area contributed by atoms with Crippen LogP contribution in [0.3, 0.4) is 0 Å². The molecule has 0 rings (SSSR count). The van der Waals surface area contributed by atoms with Crippen molar-refractivity contribution in [3.05, 3.63) is 36.0 Å². The van der Waals surface area contributed by atoms with Crippen molar-refractivity contribution < 1.29 is 9.59 Å². The van der Waals surface area contributed by atoms with Crippen LogP contribution >= 0.6 is 0 Å². The van der Waals surface area contributed by atoms with Crippen LogP contribution in [0.5, 0.6) is 0 Å². The molecule has 3 nitrogen and oxygen atoms in total. The second-order valence-electron chi connectivity index (χ2n) is 2.84. The van der Waals surface area contributed by atoms with Crippen LogP contribution < -0.4 is 0 Å². The van der Waals surface area contributed by atoms with Crippen molar-refractivity contribution in [2.75, 3.05) is 14.1 Å². The van der Waals surface area contributed by atoms with Crippen LogP contribution in [0.4, 0.5) is 0 Å². The molecule has 0 aliphatic carbocycles. The lowest BCUT2D eigenvalue weighted by Gasteiger charge is -2.09. The van der Waals surface area contributed by atoms with Crippen LogP contribution in [0.25, 0.3) is 0 Å². The molecule has 0 saturated heterocycles. The zero-order valence-corrected chi connectivity index (χ0v) is 8.73. The van der Waals surface area contributed by atoms with Crippen LogP contribution in [-0.2, 0) is 9.59 Å². The lowest BCUT2D eigenvalue weighted by atomic mass is 10.2. The Morgan fingerprint density at radius 2 is 1.86 bits per heavy atom. The lowest BCUT2D eigenvalue weighted by molar-refractivity contribution is -0.124. The van der Waals surface area contributed by atoms with Gasteiger partial charge in [0.25, 0.3) is 5.91 Å². The van der Waals surface area contributed by atoms with E-state index in [0.717, 1.165) is 0 Å². The fourth-order valence-corrected chi connectivity index (χ4v) is 0.800. The molecule has 0 N–H and O–H groups in total. The van der Waals surface area contributed by atoms with Gasteiger partial charge in [0.15, 0.2) is 0 Å². The summed E-state index contributed by atoms with van der Waals surface area (Å²) in [7, 11) is 3.29. The highest BCUT2D eigenvalue weighted by Crippen LogP contribution is 2.00. The number of likely N-dealkylation sites (N-methyl/N-ethyl adjacent to an activating group) is 1. The summed E-state index contributed by atoms with van der Waals surface area (Å²) in [5.41, 5.74) is 0.378. The van der Waals surface area contributed by atoms with E-state index in [2.05, 4.69) is 0 Å². The number of allylic oxidation sites excluding steroid dienone is 4. The van der Waals surface area contributed by atoms with Gasteiger partial charge in [0.1, 0.15) is 6.29 Å². The first-order chi connectivity index (χ1) is 6.63. The van der Waals surface area contributed by atoms with Crippen LogP contribution in [-0.4, -0.2) is 31.2 Å². The predicted octanol–water partition coefficient (Wildman–Crippen LogP) is 1.33. The van der Waals surface area contributed by atoms with Gasteiger partial charge in [-0.25, -0.2) is 0 Å². The number of rotatable bonds is 4. The largest absolute Gasteiger partial charge is 0.345 e. The Kier molecular flexibility index (Phi) is 6.03. The number of hydrogen-bond acceptors (Lipinski definition) is 2. The third kappa shape index (κ3) is 4.40. The highest BCUT2D eigenvalue weighted by Gasteiger charge is 2.07. The van der Waals surface area contributed by atoms with E-state index in [9.17, 15) is 9.59 Å². The van der Waals surface area contributed by atoms with E-state index in [4.69, 9.17) is 0 Å². The minimum atomic E-state index is -0.183. The van der Waals surface area contributed by atoms with Crippen molar-refractivity contribution in [2.45, 2.75) is 6.92 Å². The molecule has 0 saturated carbocycles. The van der Waals surface area contributed by atoms with Crippen LogP contribution in [0.2, 0.25) is 0 Å². The zero-order chi connectivity index (χ0) is 11.0. The Morgan fingerprint density at radius 1 is 1.21 bits per heavy atom. The first-order valence-electron chi connectivity index (χ1n) is 4.30. The van der Waals surface area contributed by atoms with Gasteiger partial charge in [-0.15, -0.1) is 0 Å². The Morgan fingerprint density at radius 3 is 2.29 bits per heavy atom. The van der Waals surface area contributed by atoms with Gasteiger partial charge in [-0.3, -0.25) is 9.59 Å². The quantitative estimate of drug-likeness (QED) is 0.384. The van der Waals surface area contributed by atoms with Gasteiger partial charge >= 0.3 is 0 Å². The van der Waals surface area contributed by atoms with E-state index in [1.54, 1.807) is 32.3 Å². The number of hydrogen-bond donors (Lipinski definition) is 0. The Bertz CT molecular complexity index is 286. The molecule has 3 heteroatoms. The zero-order valence-electron chi connectivity index (χ0n) is 8.73. The standard InChI is InChI=1S/C11H15NO2/c1-4-5-6-7-10(8-9-13)11(14)12(2)3/h4-9H,1-3H3/b5-4-,7-6-,10-8-. The monoisotopic (exact) mass is 193 g/mol. The molecule has 0 aliphatic heterocycles. The predicted molar refractivity (Wildman–Crippen MR) is 56.8 cm³/mol. The summed E-state index contributed by atoms with van der Waals surface area (Å²) in [5.74, 6) is -0.183. The average Bonchev–Trinajstić information content (AvgIpc) is 2.15. The average molecular weight is 193 g/mol. The molecule has 0 bridgehead atoms. The maximum absolute atomic E-state index is 11.5. The van der Waals surface area contributed by atoms with Gasteiger partial charge < -0.3 is 4.90 Å². The maximum atomic E-state index is 11.5. The molecule has 0 heterocycles. The minimum absolute atomic E-state index is 0.183. The van der Waals surface area contributed by atoms with E-state index >= 15 is 0 Å². The highest BCUT2D eigenvalue weighted by molar-refractivity contribution is 5.99. The summed E-state index contributed by atoms with van der Waals surface area (Å²) in [6.07, 6.45) is 8.82. The number of carbonyl (C=O) groups is 2. The van der Waals surface area contributed by atoms with Gasteiger partial charge in [-0.05, 0) is 19.1 Å². The van der Waals surface area contributed by atoms with Crippen molar-refractivity contribution in [3.63, 3.8) is 0 Å². The molecule has 0 radical (unpaired) electrons. The molecular formula is C11H15NO2. The summed E-state index contributed by atoms with van der Waals surface area (Å²) in [5, 5.41) is 0. The van der Waals surface area contributed by atoms with Gasteiger partial charge in [-0.1, -0.05) is 18.2 Å². The smallest absolute Gasteiger partial charge is 0.253 e. The second-order valence-corrected chi connectivity index (χ2v) is 2.84. The van der Waals surface area contributed by atoms with E-state index in [0.29, 0.717) is 11.9 Å². The molecule has 0 spiro atoms. The second kappa shape index (κ2) is 6.83. The van der Waals surface area contributed by atoms with Gasteiger partial charge in [-0.2, -0.15) is 0 Å². The van der Waals surface area contributed by atoms with Crippen LogP contribution in [0.15, 0.2) is 36.0 Å². The molecule has 0 aliphatic rings. The topological polar surface area (TPSA) is 37.4 Å². The Labute approximate surface area is 84.4 Å².